The Kier molecular flexibility index (Phi) is 4.49. The fraction of sp³-hybridized carbons (Fsp3) is 0.0909. The summed E-state index contributed by atoms with van der Waals surface area (Å²) in [4.78, 5) is 27.5. The summed E-state index contributed by atoms with van der Waals surface area (Å²) < 4.78 is 1.58. The van der Waals surface area contributed by atoms with Crippen LogP contribution in [0, 0.1) is 0 Å². The van der Waals surface area contributed by atoms with Crippen LogP contribution in [0.2, 0.25) is 0 Å². The number of carboxylic acids is 1. The van der Waals surface area contributed by atoms with Crippen molar-refractivity contribution < 1.29 is 9.90 Å². The lowest BCUT2D eigenvalue weighted by Gasteiger charge is -2.14. The number of fused-ring (bicyclic) bond motifs is 1. The maximum atomic E-state index is 12.7. The minimum Gasteiger partial charge on any atom is -0.477 e. The topological polar surface area (TPSA) is 62.5 Å². The fourth-order valence-corrected chi connectivity index (χ4v) is 4.45. The zero-order valence-corrected chi connectivity index (χ0v) is 16.2. The van der Waals surface area contributed by atoms with Gasteiger partial charge in [-0.1, -0.05) is 30.3 Å². The van der Waals surface area contributed by atoms with Gasteiger partial charge in [-0.25, -0.2) is 4.79 Å². The van der Waals surface area contributed by atoms with Crippen LogP contribution in [-0.4, -0.2) is 29.7 Å². The highest BCUT2D eigenvalue weighted by molar-refractivity contribution is 7.21. The molecule has 1 N–H and O–H groups in total. The number of hydrogen-bond acceptors (Lipinski definition) is 4. The van der Waals surface area contributed by atoms with Gasteiger partial charge in [0, 0.05) is 36.8 Å². The summed E-state index contributed by atoms with van der Waals surface area (Å²) in [5, 5.41) is 10.5. The lowest BCUT2D eigenvalue weighted by atomic mass is 10.0. The van der Waals surface area contributed by atoms with Crippen LogP contribution in [0.25, 0.3) is 27.0 Å². The minimum atomic E-state index is -0.998. The molecule has 0 aliphatic carbocycles. The molecule has 0 aliphatic heterocycles. The number of benzene rings is 2. The first-order valence-electron chi connectivity index (χ1n) is 8.72. The van der Waals surface area contributed by atoms with Crippen molar-refractivity contribution in [3.63, 3.8) is 0 Å². The molecule has 4 aromatic rings. The third kappa shape index (κ3) is 2.97. The molecule has 2 aromatic heterocycles. The molecule has 5 nitrogen and oxygen atoms in total. The van der Waals surface area contributed by atoms with Crippen molar-refractivity contribution in [2.45, 2.75) is 0 Å². The Morgan fingerprint density at radius 1 is 0.964 bits per heavy atom. The Morgan fingerprint density at radius 2 is 1.64 bits per heavy atom. The largest absolute Gasteiger partial charge is 0.477 e. The Labute approximate surface area is 165 Å². The van der Waals surface area contributed by atoms with Crippen LogP contribution in [0.15, 0.2) is 71.5 Å². The number of aromatic carboxylic acids is 1. The van der Waals surface area contributed by atoms with Crippen LogP contribution < -0.4 is 10.5 Å². The molecule has 0 saturated carbocycles. The number of rotatable bonds is 4. The van der Waals surface area contributed by atoms with E-state index in [2.05, 4.69) is 0 Å². The van der Waals surface area contributed by atoms with E-state index in [1.54, 1.807) is 10.6 Å². The SMILES string of the molecule is CN(C)c1ccc(-n2c(=O)ccc3c(-c4ccccc4)c(C(=O)O)sc32)cc1. The number of nitrogens with zero attached hydrogens (tertiary/aromatic N) is 2. The number of hydrogen-bond donors (Lipinski definition) is 1. The van der Waals surface area contributed by atoms with Gasteiger partial charge in [-0.15, -0.1) is 11.3 Å². The molecule has 0 saturated heterocycles. The predicted molar refractivity (Wildman–Crippen MR) is 114 cm³/mol. The first-order chi connectivity index (χ1) is 13.5. The van der Waals surface area contributed by atoms with E-state index < -0.39 is 5.97 Å². The van der Waals surface area contributed by atoms with Crippen LogP contribution in [0.1, 0.15) is 9.67 Å². The summed E-state index contributed by atoms with van der Waals surface area (Å²) in [7, 11) is 3.90. The zero-order valence-electron chi connectivity index (χ0n) is 15.4. The maximum absolute atomic E-state index is 12.7. The van der Waals surface area contributed by atoms with Gasteiger partial charge in [0.25, 0.3) is 5.56 Å². The standard InChI is InChI=1S/C22H18N2O3S/c1-23(2)15-8-10-16(11-9-15)24-18(25)13-12-17-19(14-6-4-3-5-7-14)20(22(26)27)28-21(17)24/h3-13H,1-2H3,(H,26,27). The number of carbonyl (C=O) groups is 1. The second-order valence-corrected chi connectivity index (χ2v) is 7.61. The van der Waals surface area contributed by atoms with Crippen molar-refractivity contribution in [3.8, 4) is 16.8 Å². The van der Waals surface area contributed by atoms with Crippen LogP contribution in [0.3, 0.4) is 0 Å². The van der Waals surface area contributed by atoms with Gasteiger partial charge in [0.2, 0.25) is 0 Å². The summed E-state index contributed by atoms with van der Waals surface area (Å²) in [5.74, 6) is -0.998. The number of aromatic nitrogens is 1. The highest BCUT2D eigenvalue weighted by atomic mass is 32.1. The van der Waals surface area contributed by atoms with Gasteiger partial charge in [-0.05, 0) is 35.9 Å². The molecule has 0 amide bonds. The predicted octanol–water partition coefficient (Wildman–Crippen LogP) is 4.48. The van der Waals surface area contributed by atoms with E-state index in [-0.39, 0.29) is 10.4 Å². The van der Waals surface area contributed by atoms with Crippen molar-refractivity contribution in [2.24, 2.45) is 0 Å². The number of anilines is 1. The van der Waals surface area contributed by atoms with Crippen molar-refractivity contribution >= 4 is 33.2 Å². The monoisotopic (exact) mass is 390 g/mol. The van der Waals surface area contributed by atoms with Gasteiger partial charge in [-0.2, -0.15) is 0 Å². The van der Waals surface area contributed by atoms with Gasteiger partial charge >= 0.3 is 5.97 Å². The van der Waals surface area contributed by atoms with Crippen LogP contribution >= 0.6 is 11.3 Å². The van der Waals surface area contributed by atoms with Crippen LogP contribution in [0.4, 0.5) is 5.69 Å². The lowest BCUT2D eigenvalue weighted by Crippen LogP contribution is -2.16. The van der Waals surface area contributed by atoms with Gasteiger partial charge in [0.1, 0.15) is 9.71 Å². The molecular weight excluding hydrogens is 372 g/mol. The van der Waals surface area contributed by atoms with Crippen molar-refractivity contribution in [1.29, 1.82) is 0 Å². The zero-order chi connectivity index (χ0) is 19.8. The molecule has 4 rings (SSSR count). The molecule has 2 heterocycles. The highest BCUT2D eigenvalue weighted by Crippen LogP contribution is 2.39. The Bertz CT molecular complexity index is 1220. The maximum Gasteiger partial charge on any atom is 0.346 e. The van der Waals surface area contributed by atoms with E-state index in [1.807, 2.05) is 73.6 Å². The van der Waals surface area contributed by atoms with E-state index in [4.69, 9.17) is 0 Å². The number of pyridine rings is 1. The molecule has 6 heteroatoms. The van der Waals surface area contributed by atoms with Crippen LogP contribution in [-0.2, 0) is 0 Å². The molecule has 140 valence electrons. The minimum absolute atomic E-state index is 0.192. The van der Waals surface area contributed by atoms with Crippen molar-refractivity contribution in [2.75, 3.05) is 19.0 Å². The highest BCUT2D eigenvalue weighted by Gasteiger charge is 2.22. The molecule has 0 fully saturated rings. The van der Waals surface area contributed by atoms with Crippen molar-refractivity contribution in [1.82, 2.24) is 4.57 Å². The smallest absolute Gasteiger partial charge is 0.346 e. The van der Waals surface area contributed by atoms with E-state index in [9.17, 15) is 14.7 Å². The van der Waals surface area contributed by atoms with E-state index in [0.29, 0.717) is 16.1 Å². The fourth-order valence-electron chi connectivity index (χ4n) is 3.27. The molecule has 28 heavy (non-hydrogen) atoms. The second kappa shape index (κ2) is 6.98. The average molecular weight is 390 g/mol. The van der Waals surface area contributed by atoms with Gasteiger partial charge in [0.05, 0.1) is 5.69 Å². The Balaban J connectivity index is 2.02. The van der Waals surface area contributed by atoms with E-state index in [1.165, 1.54) is 6.07 Å². The summed E-state index contributed by atoms with van der Waals surface area (Å²) in [6, 6.07) is 20.2. The molecule has 0 atom stereocenters. The van der Waals surface area contributed by atoms with Crippen molar-refractivity contribution in [3.05, 3.63) is 82.0 Å². The van der Waals surface area contributed by atoms with Crippen LogP contribution in [0.5, 0.6) is 0 Å². The lowest BCUT2D eigenvalue weighted by molar-refractivity contribution is 0.0703. The summed E-state index contributed by atoms with van der Waals surface area (Å²) in [5.41, 5.74) is 3.00. The first-order valence-corrected chi connectivity index (χ1v) is 9.54. The summed E-state index contributed by atoms with van der Waals surface area (Å²) in [6.07, 6.45) is 0. The second-order valence-electron chi connectivity index (χ2n) is 6.61. The first kappa shape index (κ1) is 18.0. The van der Waals surface area contributed by atoms with Gasteiger partial charge in [0.15, 0.2) is 0 Å². The molecule has 0 radical (unpaired) electrons. The third-order valence-electron chi connectivity index (χ3n) is 4.62. The molecule has 2 aromatic carbocycles. The Hall–Kier alpha value is -3.38. The molecule has 0 aliphatic rings. The van der Waals surface area contributed by atoms with E-state index in [0.717, 1.165) is 28.0 Å². The Morgan fingerprint density at radius 3 is 2.25 bits per heavy atom. The molecule has 0 spiro atoms. The van der Waals surface area contributed by atoms with Gasteiger partial charge < -0.3 is 10.0 Å². The van der Waals surface area contributed by atoms with E-state index >= 15 is 0 Å². The summed E-state index contributed by atoms with van der Waals surface area (Å²) >= 11 is 1.13. The number of thiophene rings is 1. The summed E-state index contributed by atoms with van der Waals surface area (Å²) in [6.45, 7) is 0. The normalized spacial score (nSPS) is 10.9. The molecule has 0 unspecified atom stereocenters. The average Bonchev–Trinajstić information content (AvgIpc) is 3.08. The molecule has 0 bridgehead atoms. The van der Waals surface area contributed by atoms with Gasteiger partial charge in [-0.3, -0.25) is 9.36 Å². The number of carboxylic acid groups (broad SMARTS) is 1. The molecular formula is C22H18N2O3S. The third-order valence-corrected chi connectivity index (χ3v) is 5.80. The quantitative estimate of drug-likeness (QED) is 0.558.